The van der Waals surface area contributed by atoms with Crippen LogP contribution in [0.2, 0.25) is 0 Å². The molecule has 0 aromatic heterocycles. The highest BCUT2D eigenvalue weighted by Crippen LogP contribution is 2.20. The van der Waals surface area contributed by atoms with Crippen LogP contribution in [0.25, 0.3) is 0 Å². The van der Waals surface area contributed by atoms with Crippen LogP contribution in [0.4, 0.5) is 0 Å². The Bertz CT molecular complexity index is 649. The number of benzene rings is 1. The second kappa shape index (κ2) is 6.33. The van der Waals surface area contributed by atoms with E-state index in [-0.39, 0.29) is 22.6 Å². The largest absolute Gasteiger partial charge is 0.478 e. The molecule has 1 amide bonds. The van der Waals surface area contributed by atoms with Crippen molar-refractivity contribution in [1.82, 2.24) is 5.32 Å². The number of carboxylic acid groups (broad SMARTS) is 1. The summed E-state index contributed by atoms with van der Waals surface area (Å²) < 4.78 is 24.2. The van der Waals surface area contributed by atoms with E-state index in [1.54, 1.807) is 0 Å². The summed E-state index contributed by atoms with van der Waals surface area (Å²) in [5, 5.41) is 11.3. The summed E-state index contributed by atoms with van der Waals surface area (Å²) >= 11 is 0. The van der Waals surface area contributed by atoms with E-state index in [0.717, 1.165) is 0 Å². The van der Waals surface area contributed by atoms with Crippen molar-refractivity contribution in [3.05, 3.63) is 42.0 Å². The number of rotatable bonds is 6. The fourth-order valence-corrected chi connectivity index (χ4v) is 3.14. The fourth-order valence-electron chi connectivity index (χ4n) is 1.67. The molecule has 0 fully saturated rings. The number of sulfone groups is 1. The van der Waals surface area contributed by atoms with Crippen LogP contribution in [-0.2, 0) is 14.6 Å². The number of hydrogen-bond acceptors (Lipinski definition) is 4. The van der Waals surface area contributed by atoms with E-state index >= 15 is 0 Å². The summed E-state index contributed by atoms with van der Waals surface area (Å²) in [6.45, 7) is 4.97. The third-order valence-electron chi connectivity index (χ3n) is 2.61. The van der Waals surface area contributed by atoms with Crippen LogP contribution >= 0.6 is 0 Å². The van der Waals surface area contributed by atoms with Gasteiger partial charge in [-0.05, 0) is 24.6 Å². The van der Waals surface area contributed by atoms with E-state index < -0.39 is 27.5 Å². The van der Waals surface area contributed by atoms with Gasteiger partial charge in [-0.2, -0.15) is 0 Å². The lowest BCUT2D eigenvalue weighted by Crippen LogP contribution is -2.30. The van der Waals surface area contributed by atoms with E-state index in [4.69, 9.17) is 5.11 Å². The number of aromatic carboxylic acids is 1. The SMILES string of the molecule is C=CCNC(=O)CS(=O)(=O)c1cccc(C(=O)O)c1C. The molecule has 6 nitrogen and oxygen atoms in total. The molecule has 0 radical (unpaired) electrons. The zero-order chi connectivity index (χ0) is 15.3. The average molecular weight is 297 g/mol. The first-order valence-corrected chi connectivity index (χ1v) is 7.38. The van der Waals surface area contributed by atoms with Gasteiger partial charge in [0.2, 0.25) is 5.91 Å². The van der Waals surface area contributed by atoms with Gasteiger partial charge in [0, 0.05) is 6.54 Å². The highest BCUT2D eigenvalue weighted by molar-refractivity contribution is 7.92. The lowest BCUT2D eigenvalue weighted by Gasteiger charge is -2.09. The molecule has 108 valence electrons. The first-order chi connectivity index (χ1) is 9.29. The highest BCUT2D eigenvalue weighted by atomic mass is 32.2. The number of nitrogens with one attached hydrogen (secondary N) is 1. The van der Waals surface area contributed by atoms with Crippen molar-refractivity contribution in [2.45, 2.75) is 11.8 Å². The molecule has 7 heteroatoms. The van der Waals surface area contributed by atoms with Crippen molar-refractivity contribution in [3.8, 4) is 0 Å². The van der Waals surface area contributed by atoms with E-state index in [1.165, 1.54) is 31.2 Å². The number of carbonyl (C=O) groups is 2. The normalized spacial score (nSPS) is 10.8. The Morgan fingerprint density at radius 3 is 2.60 bits per heavy atom. The summed E-state index contributed by atoms with van der Waals surface area (Å²) in [5.74, 6) is -2.61. The van der Waals surface area contributed by atoms with Crippen LogP contribution in [0.15, 0.2) is 35.7 Å². The maximum Gasteiger partial charge on any atom is 0.335 e. The molecule has 0 saturated carbocycles. The molecule has 0 aliphatic heterocycles. The highest BCUT2D eigenvalue weighted by Gasteiger charge is 2.23. The molecule has 0 spiro atoms. The summed E-state index contributed by atoms with van der Waals surface area (Å²) in [6, 6.07) is 3.94. The molecule has 2 N–H and O–H groups in total. The number of hydrogen-bond donors (Lipinski definition) is 2. The molecule has 0 aliphatic rings. The van der Waals surface area contributed by atoms with E-state index in [1.807, 2.05) is 0 Å². The molecule has 1 aromatic carbocycles. The second-order valence-electron chi connectivity index (χ2n) is 4.09. The third kappa shape index (κ3) is 3.67. The Morgan fingerprint density at radius 2 is 2.05 bits per heavy atom. The smallest absolute Gasteiger partial charge is 0.335 e. The molecular formula is C13H15NO5S. The Kier molecular flexibility index (Phi) is 5.04. The topological polar surface area (TPSA) is 101 Å². The van der Waals surface area contributed by atoms with Crippen LogP contribution in [0, 0.1) is 6.92 Å². The minimum atomic E-state index is -3.89. The summed E-state index contributed by atoms with van der Waals surface area (Å²) in [6.07, 6.45) is 1.43. The molecular weight excluding hydrogens is 282 g/mol. The minimum absolute atomic E-state index is 0.0995. The molecule has 0 bridgehead atoms. The first kappa shape index (κ1) is 15.9. The van der Waals surface area contributed by atoms with Gasteiger partial charge in [0.15, 0.2) is 9.84 Å². The average Bonchev–Trinajstić information content (AvgIpc) is 2.35. The van der Waals surface area contributed by atoms with Crippen molar-refractivity contribution in [3.63, 3.8) is 0 Å². The number of carboxylic acids is 1. The van der Waals surface area contributed by atoms with Gasteiger partial charge >= 0.3 is 5.97 Å². The molecule has 0 saturated heterocycles. The molecule has 0 atom stereocenters. The Balaban J connectivity index is 3.10. The zero-order valence-electron chi connectivity index (χ0n) is 10.9. The molecule has 0 heterocycles. The molecule has 1 rings (SSSR count). The summed E-state index contributed by atoms with van der Waals surface area (Å²) in [4.78, 5) is 22.3. The molecule has 0 aliphatic carbocycles. The number of carbonyl (C=O) groups excluding carboxylic acids is 1. The van der Waals surface area contributed by atoms with Gasteiger partial charge in [-0.15, -0.1) is 6.58 Å². The van der Waals surface area contributed by atoms with Gasteiger partial charge in [-0.3, -0.25) is 4.79 Å². The quantitative estimate of drug-likeness (QED) is 0.755. The lowest BCUT2D eigenvalue weighted by atomic mass is 10.1. The van der Waals surface area contributed by atoms with Crippen LogP contribution < -0.4 is 5.32 Å². The van der Waals surface area contributed by atoms with Gasteiger partial charge in [0.25, 0.3) is 0 Å². The monoisotopic (exact) mass is 297 g/mol. The predicted octanol–water partition coefficient (Wildman–Crippen LogP) is 0.769. The van der Waals surface area contributed by atoms with Gasteiger partial charge in [-0.1, -0.05) is 12.1 Å². The first-order valence-electron chi connectivity index (χ1n) is 5.73. The second-order valence-corrected chi connectivity index (χ2v) is 6.04. The Hall–Kier alpha value is -2.15. The molecule has 1 aromatic rings. The minimum Gasteiger partial charge on any atom is -0.478 e. The predicted molar refractivity (Wildman–Crippen MR) is 73.4 cm³/mol. The van der Waals surface area contributed by atoms with Crippen molar-refractivity contribution < 1.29 is 23.1 Å². The van der Waals surface area contributed by atoms with Crippen LogP contribution in [0.3, 0.4) is 0 Å². The van der Waals surface area contributed by atoms with Gasteiger partial charge < -0.3 is 10.4 Å². The summed E-state index contributed by atoms with van der Waals surface area (Å²) in [5.41, 5.74) is 0.0223. The maximum atomic E-state index is 12.1. The third-order valence-corrected chi connectivity index (χ3v) is 4.37. The van der Waals surface area contributed by atoms with Gasteiger partial charge in [-0.25, -0.2) is 13.2 Å². The maximum absolute atomic E-state index is 12.1. The Morgan fingerprint density at radius 1 is 1.40 bits per heavy atom. The molecule has 0 unspecified atom stereocenters. The van der Waals surface area contributed by atoms with E-state index in [2.05, 4.69) is 11.9 Å². The fraction of sp³-hybridized carbons (Fsp3) is 0.231. The van der Waals surface area contributed by atoms with Gasteiger partial charge in [0.05, 0.1) is 10.5 Å². The lowest BCUT2D eigenvalue weighted by molar-refractivity contribution is -0.118. The van der Waals surface area contributed by atoms with Gasteiger partial charge in [0.1, 0.15) is 5.75 Å². The van der Waals surface area contributed by atoms with Crippen molar-refractivity contribution >= 4 is 21.7 Å². The van der Waals surface area contributed by atoms with E-state index in [0.29, 0.717) is 0 Å². The number of amides is 1. The van der Waals surface area contributed by atoms with Crippen molar-refractivity contribution in [2.75, 3.05) is 12.3 Å². The van der Waals surface area contributed by atoms with Crippen LogP contribution in [0.1, 0.15) is 15.9 Å². The standard InChI is InChI=1S/C13H15NO5S/c1-3-7-14-12(15)8-20(18,19)11-6-4-5-10(9(11)2)13(16)17/h3-6H,1,7-8H2,2H3,(H,14,15)(H,16,17). The van der Waals surface area contributed by atoms with E-state index in [9.17, 15) is 18.0 Å². The van der Waals surface area contributed by atoms with Crippen molar-refractivity contribution in [1.29, 1.82) is 0 Å². The van der Waals surface area contributed by atoms with Crippen molar-refractivity contribution in [2.24, 2.45) is 0 Å². The zero-order valence-corrected chi connectivity index (χ0v) is 11.7. The van der Waals surface area contributed by atoms with Crippen LogP contribution in [-0.4, -0.2) is 37.7 Å². The summed E-state index contributed by atoms with van der Waals surface area (Å²) in [7, 11) is -3.89. The Labute approximate surface area is 117 Å². The van der Waals surface area contributed by atoms with Crippen LogP contribution in [0.5, 0.6) is 0 Å². The molecule has 20 heavy (non-hydrogen) atoms.